The molecule has 0 aromatic carbocycles. The summed E-state index contributed by atoms with van der Waals surface area (Å²) in [4.78, 5) is 60.1. The molecule has 0 unspecified atom stereocenters. The van der Waals surface area contributed by atoms with E-state index in [1.807, 2.05) is 6.92 Å². The van der Waals surface area contributed by atoms with Crippen molar-refractivity contribution in [2.75, 3.05) is 67.6 Å². The van der Waals surface area contributed by atoms with Crippen LogP contribution >= 0.6 is 35.3 Å². The van der Waals surface area contributed by atoms with Crippen LogP contribution in [0.5, 0.6) is 0 Å². The van der Waals surface area contributed by atoms with Gasteiger partial charge in [-0.3, -0.25) is 24.0 Å². The molecule has 0 fully saturated rings. The summed E-state index contributed by atoms with van der Waals surface area (Å²) in [6.45, 7) is 3.53. The molecular weight excluding hydrogens is 617 g/mol. The number of esters is 5. The normalized spacial score (nSPS) is 10.6. The first-order valence-corrected chi connectivity index (χ1v) is 17.6. The van der Waals surface area contributed by atoms with Crippen LogP contribution in [0.25, 0.3) is 0 Å². The van der Waals surface area contributed by atoms with Crippen molar-refractivity contribution in [3.05, 3.63) is 0 Å². The maximum atomic E-state index is 12.4. The predicted molar refractivity (Wildman–Crippen MR) is 171 cm³/mol. The van der Waals surface area contributed by atoms with Gasteiger partial charge < -0.3 is 23.7 Å². The summed E-state index contributed by atoms with van der Waals surface area (Å²) in [6.07, 6.45) is 12.4. The monoisotopic (exact) mass is 660 g/mol. The van der Waals surface area contributed by atoms with Crippen molar-refractivity contribution in [1.29, 1.82) is 0 Å². The molecule has 43 heavy (non-hydrogen) atoms. The van der Waals surface area contributed by atoms with E-state index in [0.717, 1.165) is 12.2 Å². The molecule has 0 aliphatic heterocycles. The Morgan fingerprint density at radius 1 is 0.535 bits per heavy atom. The van der Waals surface area contributed by atoms with Gasteiger partial charge in [-0.05, 0) is 18.6 Å². The second-order valence-electron chi connectivity index (χ2n) is 9.15. The molecule has 0 saturated carbocycles. The van der Waals surface area contributed by atoms with Crippen LogP contribution in [0.15, 0.2) is 0 Å². The van der Waals surface area contributed by atoms with Crippen molar-refractivity contribution in [1.82, 2.24) is 0 Å². The molecule has 0 bridgehead atoms. The van der Waals surface area contributed by atoms with E-state index >= 15 is 0 Å². The first kappa shape index (κ1) is 40.5. The van der Waals surface area contributed by atoms with E-state index in [1.165, 1.54) is 23.5 Å². The number of carbonyl (C=O) groups is 5. The average Bonchev–Trinajstić information content (AvgIpc) is 3.00. The van der Waals surface area contributed by atoms with Gasteiger partial charge in [0.25, 0.3) is 0 Å². The van der Waals surface area contributed by atoms with Gasteiger partial charge in [-0.15, -0.1) is 12.8 Å². The van der Waals surface area contributed by atoms with Crippen molar-refractivity contribution in [2.45, 2.75) is 58.8 Å². The van der Waals surface area contributed by atoms with E-state index in [4.69, 9.17) is 36.5 Å². The highest BCUT2D eigenvalue weighted by molar-refractivity contribution is 7.99. The Labute approximate surface area is 268 Å². The summed E-state index contributed by atoms with van der Waals surface area (Å²) in [5.74, 6) is 5.84. The van der Waals surface area contributed by atoms with Gasteiger partial charge in [0.1, 0.15) is 19.8 Å². The molecule has 0 aromatic rings. The Bertz CT molecular complexity index is 870. The lowest BCUT2D eigenvalue weighted by Crippen LogP contribution is -2.39. The van der Waals surface area contributed by atoms with Crippen molar-refractivity contribution < 1.29 is 47.7 Å². The van der Waals surface area contributed by atoms with Crippen LogP contribution in [-0.4, -0.2) is 97.4 Å². The number of carbonyl (C=O) groups excluding carboxylic acids is 5. The summed E-state index contributed by atoms with van der Waals surface area (Å²) in [7, 11) is 0. The smallest absolute Gasteiger partial charge is 0.307 e. The van der Waals surface area contributed by atoms with Gasteiger partial charge in [0.2, 0.25) is 0 Å². The summed E-state index contributed by atoms with van der Waals surface area (Å²) >= 11 is 4.49. The first-order chi connectivity index (χ1) is 20.7. The van der Waals surface area contributed by atoms with Crippen LogP contribution in [-0.2, 0) is 47.7 Å². The molecule has 0 atom stereocenters. The minimum atomic E-state index is -0.903. The lowest BCUT2D eigenvalue weighted by molar-refractivity contribution is -0.162. The molecule has 0 amide bonds. The number of hydrogen-bond acceptors (Lipinski definition) is 13. The molecule has 10 nitrogen and oxygen atoms in total. The van der Waals surface area contributed by atoms with E-state index in [1.54, 1.807) is 11.8 Å². The van der Waals surface area contributed by atoms with Gasteiger partial charge in [0, 0.05) is 28.8 Å². The van der Waals surface area contributed by atoms with Crippen molar-refractivity contribution in [2.24, 2.45) is 5.41 Å². The summed E-state index contributed by atoms with van der Waals surface area (Å²) < 4.78 is 26.1. The van der Waals surface area contributed by atoms with Crippen LogP contribution in [0.3, 0.4) is 0 Å². The van der Waals surface area contributed by atoms with E-state index in [-0.39, 0.29) is 71.1 Å². The number of ether oxygens (including phenoxy) is 5. The third-order valence-electron chi connectivity index (χ3n) is 5.60. The third-order valence-corrected chi connectivity index (χ3v) is 8.76. The van der Waals surface area contributed by atoms with Crippen molar-refractivity contribution in [3.63, 3.8) is 0 Å². The lowest BCUT2D eigenvalue weighted by Gasteiger charge is -2.31. The lowest BCUT2D eigenvalue weighted by atomic mass is 9.88. The molecule has 13 heteroatoms. The quantitative estimate of drug-likeness (QED) is 0.0575. The largest absolute Gasteiger partial charge is 0.465 e. The Balaban J connectivity index is 4.78. The summed E-state index contributed by atoms with van der Waals surface area (Å²) in [5, 5.41) is 0. The molecule has 0 spiro atoms. The second kappa shape index (κ2) is 27.1. The number of rotatable bonds is 26. The first-order valence-electron chi connectivity index (χ1n) is 14.1. The summed E-state index contributed by atoms with van der Waals surface area (Å²) in [6, 6.07) is 0. The molecule has 0 saturated heterocycles. The maximum Gasteiger partial charge on any atom is 0.307 e. The van der Waals surface area contributed by atoms with Crippen molar-refractivity contribution >= 4 is 65.1 Å². The molecule has 0 N–H and O–H groups in total. The van der Waals surface area contributed by atoms with Crippen LogP contribution in [0, 0.1) is 30.1 Å². The average molecular weight is 661 g/mol. The van der Waals surface area contributed by atoms with E-state index in [2.05, 4.69) is 18.8 Å². The third kappa shape index (κ3) is 23.6. The molecule has 242 valence electrons. The highest BCUT2D eigenvalue weighted by Gasteiger charge is 2.34. The molecule has 0 aliphatic carbocycles. The second-order valence-corrected chi connectivity index (χ2v) is 12.8. The predicted octanol–water partition coefficient (Wildman–Crippen LogP) is 3.93. The van der Waals surface area contributed by atoms with Crippen LogP contribution < -0.4 is 0 Å². The Morgan fingerprint density at radius 3 is 1.12 bits per heavy atom. The van der Waals surface area contributed by atoms with Gasteiger partial charge in [-0.1, -0.05) is 25.7 Å². The number of hydrogen-bond donors (Lipinski definition) is 0. The van der Waals surface area contributed by atoms with Crippen LogP contribution in [0.2, 0.25) is 0 Å². The SMILES string of the molecule is C#CCOC(=O)CCSCCC(=O)OCC(CC)(COC(=O)CCSCCC)COC(=O)CCSCCC(=O)OCC#C. The zero-order chi connectivity index (χ0) is 32.2. The number of thioether (sulfide) groups is 3. The number of terminal acetylenes is 2. The fourth-order valence-electron chi connectivity index (χ4n) is 2.97. The van der Waals surface area contributed by atoms with Crippen molar-refractivity contribution in [3.8, 4) is 24.7 Å². The fraction of sp³-hybridized carbons (Fsp3) is 0.700. The Kier molecular flexibility index (Phi) is 25.5. The van der Waals surface area contributed by atoms with Crippen LogP contribution in [0.1, 0.15) is 58.8 Å². The van der Waals surface area contributed by atoms with E-state index in [9.17, 15) is 24.0 Å². The molecule has 0 aromatic heterocycles. The highest BCUT2D eigenvalue weighted by Crippen LogP contribution is 2.25. The minimum Gasteiger partial charge on any atom is -0.465 e. The van der Waals surface area contributed by atoms with Gasteiger partial charge in [0.15, 0.2) is 13.2 Å². The van der Waals surface area contributed by atoms with Crippen LogP contribution in [0.4, 0.5) is 0 Å². The fourth-order valence-corrected chi connectivity index (χ4v) is 5.42. The summed E-state index contributed by atoms with van der Waals surface area (Å²) in [5.41, 5.74) is -0.903. The zero-order valence-electron chi connectivity index (χ0n) is 25.2. The van der Waals surface area contributed by atoms with E-state index in [0.29, 0.717) is 35.2 Å². The zero-order valence-corrected chi connectivity index (χ0v) is 27.6. The molecule has 0 aliphatic rings. The Morgan fingerprint density at radius 2 is 0.837 bits per heavy atom. The molecule has 0 rings (SSSR count). The van der Waals surface area contributed by atoms with E-state index < -0.39 is 29.3 Å². The highest BCUT2D eigenvalue weighted by atomic mass is 32.2. The molecular formula is C30H44O10S3. The standard InChI is InChI=1S/C30H44O10S3/c1-5-14-36-25(31)9-18-42-20-12-28(34)39-23-30(8-4,22-38-27(33)11-17-41-16-7-3)24-40-29(35)13-21-43-19-10-26(32)37-15-6-2/h1-2H,7-24H2,3-4H3. The topological polar surface area (TPSA) is 132 Å². The molecule has 0 radical (unpaired) electrons. The van der Waals surface area contributed by atoms with Gasteiger partial charge in [-0.2, -0.15) is 35.3 Å². The molecule has 0 heterocycles. The van der Waals surface area contributed by atoms with Gasteiger partial charge >= 0.3 is 29.8 Å². The minimum absolute atomic E-state index is 0.0651. The van der Waals surface area contributed by atoms with Gasteiger partial charge in [0.05, 0.1) is 37.5 Å². The van der Waals surface area contributed by atoms with Gasteiger partial charge in [-0.25, -0.2) is 0 Å². The maximum absolute atomic E-state index is 12.4. The Hall–Kier alpha value is -2.48.